The molecule has 2 aromatic carbocycles. The summed E-state index contributed by atoms with van der Waals surface area (Å²) in [5.74, 6) is -0.315. The molecular weight excluding hydrogens is 243 g/mol. The molecule has 0 atom stereocenters. The van der Waals surface area contributed by atoms with Gasteiger partial charge in [-0.25, -0.2) is 9.18 Å². The Morgan fingerprint density at radius 1 is 1.11 bits per heavy atom. The number of carbonyl (C=O) groups excluding carboxylic acids is 1. The summed E-state index contributed by atoms with van der Waals surface area (Å²) in [6.45, 7) is 0.169. The molecule has 2 rings (SSSR count). The normalized spacial score (nSPS) is 10.0. The summed E-state index contributed by atoms with van der Waals surface area (Å²) in [7, 11) is 1.67. The average molecular weight is 258 g/mol. The molecule has 0 aliphatic heterocycles. The summed E-state index contributed by atoms with van der Waals surface area (Å²) in [4.78, 5) is 13.4. The summed E-state index contributed by atoms with van der Waals surface area (Å²) in [6, 6.07) is 15.4. The molecule has 4 heteroatoms. The van der Waals surface area contributed by atoms with Gasteiger partial charge in [0.25, 0.3) is 0 Å². The van der Waals surface area contributed by atoms with Crippen molar-refractivity contribution in [1.82, 2.24) is 5.32 Å². The molecule has 3 nitrogen and oxygen atoms in total. The zero-order chi connectivity index (χ0) is 13.7. The molecule has 0 radical (unpaired) electrons. The van der Waals surface area contributed by atoms with Crippen molar-refractivity contribution in [3.8, 4) is 0 Å². The van der Waals surface area contributed by atoms with Crippen LogP contribution in [0.5, 0.6) is 0 Å². The lowest BCUT2D eigenvalue weighted by Gasteiger charge is -2.18. The number of hydrogen-bond donors (Lipinski definition) is 1. The van der Waals surface area contributed by atoms with Gasteiger partial charge in [-0.3, -0.25) is 4.90 Å². The SMILES string of the molecule is CN(C(=O)NCc1ccccc1F)c1ccccc1. The van der Waals surface area contributed by atoms with Gasteiger partial charge in [0.2, 0.25) is 0 Å². The average Bonchev–Trinajstić information content (AvgIpc) is 2.46. The molecule has 2 amide bonds. The Labute approximate surface area is 111 Å². The summed E-state index contributed by atoms with van der Waals surface area (Å²) >= 11 is 0. The fourth-order valence-corrected chi connectivity index (χ4v) is 1.70. The minimum atomic E-state index is -0.315. The zero-order valence-corrected chi connectivity index (χ0v) is 10.6. The van der Waals surface area contributed by atoms with E-state index in [1.807, 2.05) is 30.3 Å². The Balaban J connectivity index is 1.97. The first-order valence-corrected chi connectivity index (χ1v) is 5.98. The van der Waals surface area contributed by atoms with Crippen LogP contribution in [0, 0.1) is 5.82 Å². The topological polar surface area (TPSA) is 32.3 Å². The van der Waals surface area contributed by atoms with Crippen LogP contribution in [0.25, 0.3) is 0 Å². The van der Waals surface area contributed by atoms with Crippen molar-refractivity contribution in [2.75, 3.05) is 11.9 Å². The largest absolute Gasteiger partial charge is 0.334 e. The number of halogens is 1. The summed E-state index contributed by atoms with van der Waals surface area (Å²) in [5, 5.41) is 2.69. The first-order valence-electron chi connectivity index (χ1n) is 5.98. The van der Waals surface area contributed by atoms with Crippen LogP contribution in [-0.4, -0.2) is 13.1 Å². The van der Waals surface area contributed by atoms with Gasteiger partial charge in [-0.1, -0.05) is 36.4 Å². The second-order valence-corrected chi connectivity index (χ2v) is 4.14. The molecule has 0 aliphatic carbocycles. The van der Waals surface area contributed by atoms with Crippen molar-refractivity contribution in [2.45, 2.75) is 6.54 Å². The lowest BCUT2D eigenvalue weighted by molar-refractivity contribution is 0.247. The molecular formula is C15H15FN2O. The molecule has 0 fully saturated rings. The second kappa shape index (κ2) is 6.00. The first kappa shape index (κ1) is 13.1. The minimum Gasteiger partial charge on any atom is -0.334 e. The fraction of sp³-hybridized carbons (Fsp3) is 0.133. The van der Waals surface area contributed by atoms with Crippen LogP contribution in [0.1, 0.15) is 5.56 Å². The molecule has 0 aliphatic rings. The van der Waals surface area contributed by atoms with Crippen molar-refractivity contribution in [2.24, 2.45) is 0 Å². The van der Waals surface area contributed by atoms with E-state index in [4.69, 9.17) is 0 Å². The maximum atomic E-state index is 13.4. The van der Waals surface area contributed by atoms with Crippen molar-refractivity contribution in [3.05, 3.63) is 66.0 Å². The van der Waals surface area contributed by atoms with E-state index in [-0.39, 0.29) is 18.4 Å². The van der Waals surface area contributed by atoms with E-state index in [1.165, 1.54) is 11.0 Å². The Hall–Kier alpha value is -2.36. The lowest BCUT2D eigenvalue weighted by Crippen LogP contribution is -2.36. The molecule has 0 unspecified atom stereocenters. The molecule has 2 aromatic rings. The van der Waals surface area contributed by atoms with Crippen molar-refractivity contribution < 1.29 is 9.18 Å². The Kier molecular flexibility index (Phi) is 4.13. The Morgan fingerprint density at radius 2 is 1.74 bits per heavy atom. The zero-order valence-electron chi connectivity index (χ0n) is 10.6. The molecule has 0 saturated carbocycles. The molecule has 0 saturated heterocycles. The third-order valence-electron chi connectivity index (χ3n) is 2.84. The van der Waals surface area contributed by atoms with Crippen molar-refractivity contribution in [1.29, 1.82) is 0 Å². The van der Waals surface area contributed by atoms with Gasteiger partial charge in [0.15, 0.2) is 0 Å². The molecule has 0 spiro atoms. The van der Waals surface area contributed by atoms with E-state index in [0.717, 1.165) is 5.69 Å². The standard InChI is InChI=1S/C15H15FN2O/c1-18(13-8-3-2-4-9-13)15(19)17-11-12-7-5-6-10-14(12)16/h2-10H,11H2,1H3,(H,17,19). The van der Waals surface area contributed by atoms with Gasteiger partial charge < -0.3 is 5.32 Å². The van der Waals surface area contributed by atoms with E-state index < -0.39 is 0 Å². The van der Waals surface area contributed by atoms with E-state index in [9.17, 15) is 9.18 Å². The van der Waals surface area contributed by atoms with Crippen LogP contribution in [-0.2, 0) is 6.54 Å². The van der Waals surface area contributed by atoms with Crippen molar-refractivity contribution in [3.63, 3.8) is 0 Å². The number of para-hydroxylation sites is 1. The fourth-order valence-electron chi connectivity index (χ4n) is 1.70. The number of urea groups is 1. The number of hydrogen-bond acceptors (Lipinski definition) is 1. The highest BCUT2D eigenvalue weighted by Gasteiger charge is 2.10. The third-order valence-corrected chi connectivity index (χ3v) is 2.84. The number of benzene rings is 2. The predicted octanol–water partition coefficient (Wildman–Crippen LogP) is 3.17. The van der Waals surface area contributed by atoms with E-state index in [0.29, 0.717) is 5.56 Å². The van der Waals surface area contributed by atoms with Crippen LogP contribution in [0.2, 0.25) is 0 Å². The van der Waals surface area contributed by atoms with E-state index in [2.05, 4.69) is 5.32 Å². The third kappa shape index (κ3) is 3.31. The molecule has 1 N–H and O–H groups in total. The van der Waals surface area contributed by atoms with E-state index in [1.54, 1.807) is 25.2 Å². The Morgan fingerprint density at radius 3 is 2.42 bits per heavy atom. The van der Waals surface area contributed by atoms with E-state index >= 15 is 0 Å². The maximum absolute atomic E-state index is 13.4. The minimum absolute atomic E-state index is 0.169. The number of nitrogens with one attached hydrogen (secondary N) is 1. The quantitative estimate of drug-likeness (QED) is 0.901. The van der Waals surface area contributed by atoms with Crippen molar-refractivity contribution >= 4 is 11.7 Å². The lowest BCUT2D eigenvalue weighted by atomic mass is 10.2. The second-order valence-electron chi connectivity index (χ2n) is 4.14. The highest BCUT2D eigenvalue weighted by Crippen LogP contribution is 2.11. The van der Waals surface area contributed by atoms with Gasteiger partial charge in [0.1, 0.15) is 5.82 Å². The van der Waals surface area contributed by atoms with Gasteiger partial charge in [0, 0.05) is 24.8 Å². The van der Waals surface area contributed by atoms with Gasteiger partial charge >= 0.3 is 6.03 Å². The van der Waals surface area contributed by atoms with Crippen LogP contribution < -0.4 is 10.2 Å². The number of nitrogens with zero attached hydrogens (tertiary/aromatic N) is 1. The predicted molar refractivity (Wildman–Crippen MR) is 73.5 cm³/mol. The van der Waals surface area contributed by atoms with Crippen LogP contribution in [0.4, 0.5) is 14.9 Å². The van der Waals surface area contributed by atoms with Gasteiger partial charge in [-0.2, -0.15) is 0 Å². The monoisotopic (exact) mass is 258 g/mol. The molecule has 98 valence electrons. The summed E-state index contributed by atoms with van der Waals surface area (Å²) in [6.07, 6.45) is 0. The molecule has 0 heterocycles. The number of rotatable bonds is 3. The van der Waals surface area contributed by atoms with Gasteiger partial charge in [-0.05, 0) is 18.2 Å². The van der Waals surface area contributed by atoms with Crippen LogP contribution in [0.3, 0.4) is 0 Å². The smallest absolute Gasteiger partial charge is 0.321 e. The summed E-state index contributed by atoms with van der Waals surface area (Å²) < 4.78 is 13.4. The highest BCUT2D eigenvalue weighted by molar-refractivity contribution is 5.91. The molecule has 19 heavy (non-hydrogen) atoms. The van der Waals surface area contributed by atoms with Crippen LogP contribution >= 0.6 is 0 Å². The number of carbonyl (C=O) groups is 1. The first-order chi connectivity index (χ1) is 9.18. The molecule has 0 bridgehead atoms. The Bertz CT molecular complexity index is 557. The maximum Gasteiger partial charge on any atom is 0.321 e. The number of anilines is 1. The summed E-state index contributed by atoms with van der Waals surface area (Å²) in [5.41, 5.74) is 1.26. The number of amides is 2. The molecule has 0 aromatic heterocycles. The van der Waals surface area contributed by atoms with Crippen LogP contribution in [0.15, 0.2) is 54.6 Å². The van der Waals surface area contributed by atoms with Gasteiger partial charge in [-0.15, -0.1) is 0 Å². The van der Waals surface area contributed by atoms with Gasteiger partial charge in [0.05, 0.1) is 0 Å². The highest BCUT2D eigenvalue weighted by atomic mass is 19.1.